The molecule has 1 aliphatic carbocycles. The maximum Gasteiger partial charge on any atom is 0.213 e. The highest BCUT2D eigenvalue weighted by molar-refractivity contribution is 7.89. The van der Waals surface area contributed by atoms with Crippen LogP contribution in [0.4, 0.5) is 0 Å². The van der Waals surface area contributed by atoms with Gasteiger partial charge in [0.2, 0.25) is 10.0 Å². The number of hydrogen-bond donors (Lipinski definition) is 3. The van der Waals surface area contributed by atoms with Crippen molar-refractivity contribution in [3.63, 3.8) is 0 Å². The van der Waals surface area contributed by atoms with Crippen LogP contribution < -0.4 is 15.4 Å². The Morgan fingerprint density at radius 2 is 2.00 bits per heavy atom. The Kier molecular flexibility index (Phi) is 8.27. The zero-order chi connectivity index (χ0) is 21.2. The highest BCUT2D eigenvalue weighted by Gasteiger charge is 2.20. The van der Waals surface area contributed by atoms with E-state index in [9.17, 15) is 8.42 Å². The van der Waals surface area contributed by atoms with Gasteiger partial charge in [-0.25, -0.2) is 18.1 Å². The van der Waals surface area contributed by atoms with Crippen LogP contribution in [0.25, 0.3) is 0 Å². The number of rotatable bonds is 11. The average molecular weight is 433 g/mol. The summed E-state index contributed by atoms with van der Waals surface area (Å²) in [5.41, 5.74) is 2.27. The quantitative estimate of drug-likeness (QED) is 0.371. The Morgan fingerprint density at radius 3 is 2.67 bits per heavy atom. The highest BCUT2D eigenvalue weighted by atomic mass is 32.2. The molecule has 0 radical (unpaired) electrons. The summed E-state index contributed by atoms with van der Waals surface area (Å²) in [7, 11) is -3.27. The van der Waals surface area contributed by atoms with E-state index in [1.165, 1.54) is 6.42 Å². The minimum Gasteiger partial charge on any atom is -0.357 e. The van der Waals surface area contributed by atoms with Crippen molar-refractivity contribution in [2.75, 3.05) is 25.4 Å². The first kappa shape index (κ1) is 22.3. The number of nitrogens with zero attached hydrogens (tertiary/aromatic N) is 3. The van der Waals surface area contributed by atoms with Gasteiger partial charge in [0.25, 0.3) is 0 Å². The SMILES string of the molecule is CCNC(=NCc1ccccc1Cn1cccn1)NCCS(=O)(=O)NCC1CCC1. The molecule has 1 heterocycles. The second-order valence-electron chi connectivity index (χ2n) is 7.56. The van der Waals surface area contributed by atoms with E-state index in [4.69, 9.17) is 0 Å². The van der Waals surface area contributed by atoms with E-state index in [-0.39, 0.29) is 5.75 Å². The van der Waals surface area contributed by atoms with E-state index in [2.05, 4.69) is 37.6 Å². The van der Waals surface area contributed by atoms with Gasteiger partial charge in [-0.05, 0) is 42.9 Å². The van der Waals surface area contributed by atoms with Gasteiger partial charge in [-0.2, -0.15) is 5.10 Å². The summed E-state index contributed by atoms with van der Waals surface area (Å²) in [5.74, 6) is 1.15. The summed E-state index contributed by atoms with van der Waals surface area (Å²) in [6.45, 7) is 4.74. The molecule has 1 saturated carbocycles. The van der Waals surface area contributed by atoms with Crippen LogP contribution in [0.15, 0.2) is 47.7 Å². The minimum atomic E-state index is -3.27. The smallest absolute Gasteiger partial charge is 0.213 e. The molecule has 9 heteroatoms. The van der Waals surface area contributed by atoms with Crippen LogP contribution >= 0.6 is 0 Å². The lowest BCUT2D eigenvalue weighted by Gasteiger charge is -2.25. The fraction of sp³-hybridized carbons (Fsp3) is 0.524. The number of hydrogen-bond acceptors (Lipinski definition) is 4. The Hall–Kier alpha value is -2.39. The van der Waals surface area contributed by atoms with E-state index >= 15 is 0 Å². The molecule has 0 amide bonds. The lowest BCUT2D eigenvalue weighted by atomic mass is 9.86. The lowest BCUT2D eigenvalue weighted by molar-refractivity contribution is 0.316. The number of aliphatic imine (C=N–C) groups is 1. The second kappa shape index (κ2) is 11.1. The van der Waals surface area contributed by atoms with E-state index in [0.717, 1.165) is 24.0 Å². The monoisotopic (exact) mass is 432 g/mol. The molecule has 0 bridgehead atoms. The molecule has 1 fully saturated rings. The number of aromatic nitrogens is 2. The van der Waals surface area contributed by atoms with Crippen molar-refractivity contribution in [3.05, 3.63) is 53.9 Å². The lowest BCUT2D eigenvalue weighted by Crippen LogP contribution is -2.42. The van der Waals surface area contributed by atoms with Gasteiger partial charge in [-0.1, -0.05) is 30.7 Å². The standard InChI is InChI=1S/C21H32N6O2S/c1-2-22-21(23-12-14-30(28,29)26-15-18-7-5-8-18)24-16-19-9-3-4-10-20(19)17-27-13-6-11-25-27/h3-4,6,9-11,13,18,26H,2,5,7-8,12,14-17H2,1H3,(H2,22,23,24). The molecule has 1 aromatic carbocycles. The first-order valence-corrected chi connectivity index (χ1v) is 12.2. The van der Waals surface area contributed by atoms with Crippen molar-refractivity contribution in [2.45, 2.75) is 39.3 Å². The molecule has 0 spiro atoms. The maximum atomic E-state index is 12.2. The molecule has 0 unspecified atom stereocenters. The molecule has 1 aliphatic rings. The average Bonchev–Trinajstić information content (AvgIpc) is 3.19. The third-order valence-corrected chi connectivity index (χ3v) is 6.59. The predicted molar refractivity (Wildman–Crippen MR) is 120 cm³/mol. The molecular formula is C21H32N6O2S. The summed E-state index contributed by atoms with van der Waals surface area (Å²) in [6, 6.07) is 10.0. The minimum absolute atomic E-state index is 0.0278. The molecule has 3 rings (SSSR count). The van der Waals surface area contributed by atoms with Gasteiger partial charge in [0.1, 0.15) is 0 Å². The van der Waals surface area contributed by atoms with Gasteiger partial charge in [0.05, 0.1) is 18.8 Å². The van der Waals surface area contributed by atoms with Crippen LogP contribution in [0.3, 0.4) is 0 Å². The normalized spacial score (nSPS) is 15.0. The molecular weight excluding hydrogens is 400 g/mol. The van der Waals surface area contributed by atoms with Crippen LogP contribution in [-0.4, -0.2) is 49.5 Å². The second-order valence-corrected chi connectivity index (χ2v) is 9.48. The van der Waals surface area contributed by atoms with E-state index in [1.807, 2.05) is 36.0 Å². The van der Waals surface area contributed by atoms with Crippen molar-refractivity contribution in [2.24, 2.45) is 10.9 Å². The predicted octanol–water partition coefficient (Wildman–Crippen LogP) is 1.71. The van der Waals surface area contributed by atoms with Crippen molar-refractivity contribution in [1.82, 2.24) is 25.1 Å². The van der Waals surface area contributed by atoms with Crippen LogP contribution in [0.2, 0.25) is 0 Å². The van der Waals surface area contributed by atoms with E-state index < -0.39 is 10.0 Å². The molecule has 0 aliphatic heterocycles. The molecule has 164 valence electrons. The van der Waals surface area contributed by atoms with Crippen LogP contribution in [0.5, 0.6) is 0 Å². The summed E-state index contributed by atoms with van der Waals surface area (Å²) < 4.78 is 28.9. The fourth-order valence-corrected chi connectivity index (χ4v) is 4.26. The zero-order valence-corrected chi connectivity index (χ0v) is 18.4. The first-order valence-electron chi connectivity index (χ1n) is 10.6. The Balaban J connectivity index is 1.53. The molecule has 3 N–H and O–H groups in total. The topological polar surface area (TPSA) is 100 Å². The zero-order valence-electron chi connectivity index (χ0n) is 17.5. The number of nitrogens with one attached hydrogen (secondary N) is 3. The van der Waals surface area contributed by atoms with Gasteiger partial charge in [-0.15, -0.1) is 0 Å². The highest BCUT2D eigenvalue weighted by Crippen LogP contribution is 2.25. The Labute approximate surface area is 179 Å². The van der Waals surface area contributed by atoms with Crippen molar-refractivity contribution in [1.29, 1.82) is 0 Å². The number of benzene rings is 1. The Bertz CT molecular complexity index is 907. The summed E-state index contributed by atoms with van der Waals surface area (Å²) >= 11 is 0. The van der Waals surface area contributed by atoms with E-state index in [0.29, 0.717) is 44.6 Å². The molecule has 8 nitrogen and oxygen atoms in total. The van der Waals surface area contributed by atoms with Gasteiger partial charge >= 0.3 is 0 Å². The Morgan fingerprint density at radius 1 is 1.20 bits per heavy atom. The van der Waals surface area contributed by atoms with Crippen molar-refractivity contribution >= 4 is 16.0 Å². The summed E-state index contributed by atoms with van der Waals surface area (Å²) in [5, 5.41) is 10.6. The van der Waals surface area contributed by atoms with Crippen LogP contribution in [0.1, 0.15) is 37.3 Å². The largest absolute Gasteiger partial charge is 0.357 e. The molecule has 1 aromatic heterocycles. The summed E-state index contributed by atoms with van der Waals surface area (Å²) in [4.78, 5) is 4.64. The number of guanidine groups is 1. The molecule has 0 atom stereocenters. The maximum absolute atomic E-state index is 12.2. The van der Waals surface area contributed by atoms with Crippen LogP contribution in [-0.2, 0) is 23.1 Å². The summed E-state index contributed by atoms with van der Waals surface area (Å²) in [6.07, 6.45) is 7.16. The third-order valence-electron chi connectivity index (χ3n) is 5.24. The third kappa shape index (κ3) is 7.14. The van der Waals surface area contributed by atoms with Crippen molar-refractivity contribution < 1.29 is 8.42 Å². The number of sulfonamides is 1. The molecule has 2 aromatic rings. The first-order chi connectivity index (χ1) is 14.6. The van der Waals surface area contributed by atoms with Gasteiger partial charge in [-0.3, -0.25) is 4.68 Å². The van der Waals surface area contributed by atoms with Gasteiger partial charge in [0, 0.05) is 32.0 Å². The van der Waals surface area contributed by atoms with Gasteiger partial charge < -0.3 is 10.6 Å². The van der Waals surface area contributed by atoms with Crippen molar-refractivity contribution in [3.8, 4) is 0 Å². The molecule has 0 saturated heterocycles. The van der Waals surface area contributed by atoms with E-state index in [1.54, 1.807) is 6.20 Å². The molecule has 30 heavy (non-hydrogen) atoms. The van der Waals surface area contributed by atoms with Crippen LogP contribution in [0, 0.1) is 5.92 Å². The fourth-order valence-electron chi connectivity index (χ4n) is 3.26. The van der Waals surface area contributed by atoms with Gasteiger partial charge in [0.15, 0.2) is 5.96 Å².